The first-order valence-corrected chi connectivity index (χ1v) is 6.79. The number of aryl methyl sites for hydroxylation is 2. The molecule has 0 bridgehead atoms. The van der Waals surface area contributed by atoms with Crippen LogP contribution in [-0.4, -0.2) is 29.0 Å². The quantitative estimate of drug-likeness (QED) is 0.759. The van der Waals surface area contributed by atoms with Crippen LogP contribution in [0.1, 0.15) is 38.6 Å². The van der Waals surface area contributed by atoms with Crippen molar-refractivity contribution in [2.45, 2.75) is 47.1 Å². The topological polar surface area (TPSA) is 39.1 Å². The van der Waals surface area contributed by atoms with Gasteiger partial charge in [-0.15, -0.1) is 0 Å². The molecule has 4 nitrogen and oxygen atoms in total. The average Bonchev–Trinajstić information content (AvgIpc) is 2.51. The fourth-order valence-corrected chi connectivity index (χ4v) is 1.86. The zero-order chi connectivity index (χ0) is 13.7. The molecule has 1 N–H and O–H groups in total. The van der Waals surface area contributed by atoms with Crippen LogP contribution in [0.4, 0.5) is 0 Å². The van der Waals surface area contributed by atoms with Crippen LogP contribution >= 0.6 is 0 Å². The lowest BCUT2D eigenvalue weighted by Crippen LogP contribution is -2.30. The highest BCUT2D eigenvalue weighted by atomic mass is 16.5. The van der Waals surface area contributed by atoms with Crippen LogP contribution in [-0.2, 0) is 7.05 Å². The van der Waals surface area contributed by atoms with Gasteiger partial charge in [-0.2, -0.15) is 5.10 Å². The van der Waals surface area contributed by atoms with E-state index in [1.165, 1.54) is 6.42 Å². The Labute approximate surface area is 111 Å². The van der Waals surface area contributed by atoms with E-state index >= 15 is 0 Å². The summed E-state index contributed by atoms with van der Waals surface area (Å²) in [6.07, 6.45) is 1.37. The van der Waals surface area contributed by atoms with Gasteiger partial charge in [0.05, 0.1) is 5.69 Å². The summed E-state index contributed by atoms with van der Waals surface area (Å²) >= 11 is 0. The largest absolute Gasteiger partial charge is 0.486 e. The SMILES string of the molecule is Cc1nn(C)c(C)c1OC(C)CNCCC(C)C. The van der Waals surface area contributed by atoms with E-state index in [0.29, 0.717) is 0 Å². The van der Waals surface area contributed by atoms with Crippen molar-refractivity contribution in [3.05, 3.63) is 11.4 Å². The Balaban J connectivity index is 2.38. The summed E-state index contributed by atoms with van der Waals surface area (Å²) in [5.74, 6) is 1.67. The molecule has 1 rings (SSSR count). The Morgan fingerprint density at radius 3 is 2.44 bits per heavy atom. The summed E-state index contributed by atoms with van der Waals surface area (Å²) in [4.78, 5) is 0. The maximum absolute atomic E-state index is 5.96. The summed E-state index contributed by atoms with van der Waals surface area (Å²) in [6.45, 7) is 12.5. The molecule has 104 valence electrons. The second-order valence-electron chi connectivity index (χ2n) is 5.44. The van der Waals surface area contributed by atoms with Gasteiger partial charge in [0, 0.05) is 13.6 Å². The van der Waals surface area contributed by atoms with Gasteiger partial charge in [-0.3, -0.25) is 4.68 Å². The molecular weight excluding hydrogens is 226 g/mol. The van der Waals surface area contributed by atoms with Crippen LogP contribution < -0.4 is 10.1 Å². The lowest BCUT2D eigenvalue weighted by molar-refractivity contribution is 0.213. The molecule has 1 unspecified atom stereocenters. The predicted molar refractivity (Wildman–Crippen MR) is 75.1 cm³/mol. The van der Waals surface area contributed by atoms with Crippen LogP contribution in [0.2, 0.25) is 0 Å². The van der Waals surface area contributed by atoms with Crippen molar-refractivity contribution in [1.29, 1.82) is 0 Å². The standard InChI is InChI=1S/C14H27N3O/c1-10(2)7-8-15-9-11(3)18-14-12(4)16-17(6)13(14)5/h10-11,15H,7-9H2,1-6H3. The summed E-state index contributed by atoms with van der Waals surface area (Å²) < 4.78 is 7.82. The van der Waals surface area contributed by atoms with Crippen LogP contribution in [0.25, 0.3) is 0 Å². The number of nitrogens with one attached hydrogen (secondary N) is 1. The molecule has 0 aliphatic rings. The van der Waals surface area contributed by atoms with Crippen molar-refractivity contribution in [2.24, 2.45) is 13.0 Å². The van der Waals surface area contributed by atoms with Crippen LogP contribution in [0.15, 0.2) is 0 Å². The zero-order valence-electron chi connectivity index (χ0n) is 12.6. The number of ether oxygens (including phenoxy) is 1. The second kappa shape index (κ2) is 6.78. The minimum Gasteiger partial charge on any atom is -0.486 e. The molecule has 0 aliphatic carbocycles. The van der Waals surface area contributed by atoms with Gasteiger partial charge in [0.2, 0.25) is 0 Å². The minimum atomic E-state index is 0.166. The normalized spacial score (nSPS) is 13.1. The molecule has 1 aromatic heterocycles. The maximum Gasteiger partial charge on any atom is 0.163 e. The molecule has 0 fully saturated rings. The second-order valence-corrected chi connectivity index (χ2v) is 5.44. The fourth-order valence-electron chi connectivity index (χ4n) is 1.86. The van der Waals surface area contributed by atoms with E-state index in [4.69, 9.17) is 4.74 Å². The lowest BCUT2D eigenvalue weighted by atomic mass is 10.1. The molecule has 0 aliphatic heterocycles. The van der Waals surface area contributed by atoms with Gasteiger partial charge in [0.15, 0.2) is 5.75 Å². The third-order valence-electron chi connectivity index (χ3n) is 3.09. The van der Waals surface area contributed by atoms with E-state index in [-0.39, 0.29) is 6.10 Å². The third-order valence-corrected chi connectivity index (χ3v) is 3.09. The monoisotopic (exact) mass is 253 g/mol. The molecule has 0 amide bonds. The zero-order valence-corrected chi connectivity index (χ0v) is 12.6. The molecule has 0 spiro atoms. The van der Waals surface area contributed by atoms with E-state index in [1.54, 1.807) is 0 Å². The van der Waals surface area contributed by atoms with Gasteiger partial charge in [0.1, 0.15) is 11.8 Å². The molecule has 4 heteroatoms. The van der Waals surface area contributed by atoms with E-state index in [1.807, 2.05) is 25.6 Å². The Morgan fingerprint density at radius 1 is 1.28 bits per heavy atom. The molecule has 1 atom stereocenters. The number of nitrogens with zero attached hydrogens (tertiary/aromatic N) is 2. The molecular formula is C14H27N3O. The minimum absolute atomic E-state index is 0.166. The summed E-state index contributed by atoms with van der Waals surface area (Å²) in [6, 6.07) is 0. The van der Waals surface area contributed by atoms with Gasteiger partial charge in [-0.25, -0.2) is 0 Å². The first-order chi connectivity index (χ1) is 8.41. The first-order valence-electron chi connectivity index (χ1n) is 6.79. The maximum atomic E-state index is 5.96. The Hall–Kier alpha value is -1.03. The van der Waals surface area contributed by atoms with Crippen molar-refractivity contribution in [3.8, 4) is 5.75 Å². The van der Waals surface area contributed by atoms with E-state index in [9.17, 15) is 0 Å². The van der Waals surface area contributed by atoms with Crippen LogP contribution in [0.5, 0.6) is 5.75 Å². The number of hydrogen-bond donors (Lipinski definition) is 1. The smallest absolute Gasteiger partial charge is 0.163 e. The van der Waals surface area contributed by atoms with Gasteiger partial charge in [-0.1, -0.05) is 13.8 Å². The molecule has 0 radical (unpaired) electrons. The number of hydrogen-bond acceptors (Lipinski definition) is 3. The Morgan fingerprint density at radius 2 is 1.94 bits per heavy atom. The molecule has 18 heavy (non-hydrogen) atoms. The van der Waals surface area contributed by atoms with Crippen molar-refractivity contribution < 1.29 is 4.74 Å². The van der Waals surface area contributed by atoms with Crippen molar-refractivity contribution in [3.63, 3.8) is 0 Å². The van der Waals surface area contributed by atoms with Gasteiger partial charge in [0.25, 0.3) is 0 Å². The van der Waals surface area contributed by atoms with Gasteiger partial charge >= 0.3 is 0 Å². The molecule has 1 aromatic rings. The van der Waals surface area contributed by atoms with Crippen LogP contribution in [0, 0.1) is 19.8 Å². The summed E-state index contributed by atoms with van der Waals surface area (Å²) in [5.41, 5.74) is 2.05. The fraction of sp³-hybridized carbons (Fsp3) is 0.786. The molecule has 0 saturated heterocycles. The highest BCUT2D eigenvalue weighted by molar-refractivity contribution is 5.31. The van der Waals surface area contributed by atoms with Crippen molar-refractivity contribution >= 4 is 0 Å². The Bertz CT molecular complexity index is 371. The molecule has 1 heterocycles. The Kier molecular flexibility index (Phi) is 5.66. The average molecular weight is 253 g/mol. The van der Waals surface area contributed by atoms with E-state index in [0.717, 1.165) is 36.1 Å². The lowest BCUT2D eigenvalue weighted by Gasteiger charge is -2.16. The van der Waals surface area contributed by atoms with Crippen molar-refractivity contribution in [1.82, 2.24) is 15.1 Å². The summed E-state index contributed by atoms with van der Waals surface area (Å²) in [7, 11) is 1.95. The van der Waals surface area contributed by atoms with Gasteiger partial charge in [-0.05, 0) is 39.7 Å². The van der Waals surface area contributed by atoms with Gasteiger partial charge < -0.3 is 10.1 Å². The third kappa shape index (κ3) is 4.33. The number of aromatic nitrogens is 2. The van der Waals surface area contributed by atoms with Crippen LogP contribution in [0.3, 0.4) is 0 Å². The summed E-state index contributed by atoms with van der Waals surface area (Å²) in [5, 5.41) is 7.78. The first kappa shape index (κ1) is 15.0. The number of rotatable bonds is 7. The molecule has 0 aromatic carbocycles. The molecule has 0 saturated carbocycles. The highest BCUT2D eigenvalue weighted by Gasteiger charge is 2.13. The van der Waals surface area contributed by atoms with E-state index < -0.39 is 0 Å². The van der Waals surface area contributed by atoms with Crippen molar-refractivity contribution in [2.75, 3.05) is 13.1 Å². The highest BCUT2D eigenvalue weighted by Crippen LogP contribution is 2.22. The van der Waals surface area contributed by atoms with E-state index in [2.05, 4.69) is 31.2 Å². The predicted octanol–water partition coefficient (Wildman–Crippen LogP) is 2.44.